The van der Waals surface area contributed by atoms with Crippen LogP contribution in [0.2, 0.25) is 0 Å². The molecule has 31 heavy (non-hydrogen) atoms. The Morgan fingerprint density at radius 1 is 0.935 bits per heavy atom. The third-order valence-electron chi connectivity index (χ3n) is 4.91. The quantitative estimate of drug-likeness (QED) is 0.282. The molecule has 2 N–H and O–H groups in total. The summed E-state index contributed by atoms with van der Waals surface area (Å²) in [4.78, 5) is 4.35. The van der Waals surface area contributed by atoms with Gasteiger partial charge < -0.3 is 29.6 Å². The number of nitrogens with zero attached hydrogens (tertiary/aromatic N) is 1. The van der Waals surface area contributed by atoms with Gasteiger partial charge in [-0.1, -0.05) is 17.7 Å². The Morgan fingerprint density at radius 2 is 1.55 bits per heavy atom. The maximum absolute atomic E-state index is 5.53. The zero-order valence-electron chi connectivity index (χ0n) is 19.4. The Bertz CT molecular complexity index is 849. The molecule has 0 saturated carbocycles. The van der Waals surface area contributed by atoms with Crippen molar-refractivity contribution in [3.05, 3.63) is 47.0 Å². The molecule has 0 fully saturated rings. The van der Waals surface area contributed by atoms with Crippen molar-refractivity contribution in [1.82, 2.24) is 10.6 Å². The van der Waals surface area contributed by atoms with Gasteiger partial charge in [-0.25, -0.2) is 0 Å². The fourth-order valence-corrected chi connectivity index (χ4v) is 3.30. The summed E-state index contributed by atoms with van der Waals surface area (Å²) in [6.45, 7) is 4.80. The smallest absolute Gasteiger partial charge is 0.191 e. The Balaban J connectivity index is 0.00000480. The molecule has 2 aromatic carbocycles. The second-order valence-electron chi connectivity index (χ2n) is 6.87. The molecule has 0 bridgehead atoms. The summed E-state index contributed by atoms with van der Waals surface area (Å²) < 4.78 is 21.9. The molecular formula is C23H34IN3O4. The average molecular weight is 543 g/mol. The van der Waals surface area contributed by atoms with Crippen molar-refractivity contribution in [3.8, 4) is 23.0 Å². The van der Waals surface area contributed by atoms with Gasteiger partial charge in [0.25, 0.3) is 0 Å². The summed E-state index contributed by atoms with van der Waals surface area (Å²) in [5.41, 5.74) is 3.23. The van der Waals surface area contributed by atoms with Crippen LogP contribution in [0.3, 0.4) is 0 Å². The van der Waals surface area contributed by atoms with E-state index in [1.54, 1.807) is 35.5 Å². The topological polar surface area (TPSA) is 73.3 Å². The first kappa shape index (κ1) is 26.7. The Labute approximate surface area is 202 Å². The van der Waals surface area contributed by atoms with Crippen LogP contribution in [0.25, 0.3) is 0 Å². The Hall–Kier alpha value is -2.36. The van der Waals surface area contributed by atoms with Gasteiger partial charge in [0.05, 0.1) is 34.5 Å². The summed E-state index contributed by atoms with van der Waals surface area (Å²) in [6, 6.07) is 9.89. The molecule has 0 amide bonds. The van der Waals surface area contributed by atoms with Crippen molar-refractivity contribution in [3.63, 3.8) is 0 Å². The highest BCUT2D eigenvalue weighted by atomic mass is 127. The van der Waals surface area contributed by atoms with Gasteiger partial charge in [0.2, 0.25) is 0 Å². The van der Waals surface area contributed by atoms with Gasteiger partial charge in [-0.2, -0.15) is 0 Å². The summed E-state index contributed by atoms with van der Waals surface area (Å²) in [5.74, 6) is 3.71. The monoisotopic (exact) mass is 543 g/mol. The lowest BCUT2D eigenvalue weighted by Gasteiger charge is -2.21. The number of aryl methyl sites for hydroxylation is 1. The molecule has 1 atom stereocenters. The first-order valence-corrected chi connectivity index (χ1v) is 9.87. The summed E-state index contributed by atoms with van der Waals surface area (Å²) in [7, 11) is 8.34. The molecule has 0 aliphatic heterocycles. The van der Waals surface area contributed by atoms with Crippen LogP contribution in [0.4, 0.5) is 0 Å². The first-order valence-electron chi connectivity index (χ1n) is 9.87. The lowest BCUT2D eigenvalue weighted by molar-refractivity contribution is 0.368. The second kappa shape index (κ2) is 13.1. The molecule has 2 aromatic rings. The third-order valence-corrected chi connectivity index (χ3v) is 4.91. The van der Waals surface area contributed by atoms with Crippen LogP contribution in [0.5, 0.6) is 23.0 Å². The van der Waals surface area contributed by atoms with E-state index in [1.807, 2.05) is 24.3 Å². The maximum atomic E-state index is 5.53. The molecule has 7 nitrogen and oxygen atoms in total. The number of guanidine groups is 1. The van der Waals surface area contributed by atoms with E-state index >= 15 is 0 Å². The second-order valence-corrected chi connectivity index (χ2v) is 6.87. The number of ether oxygens (including phenoxy) is 4. The predicted molar refractivity (Wildman–Crippen MR) is 136 cm³/mol. The molecule has 1 unspecified atom stereocenters. The normalized spacial score (nSPS) is 11.8. The zero-order valence-corrected chi connectivity index (χ0v) is 21.7. The van der Waals surface area contributed by atoms with Crippen LogP contribution in [0, 0.1) is 6.92 Å². The summed E-state index contributed by atoms with van der Waals surface area (Å²) >= 11 is 0. The highest BCUT2D eigenvalue weighted by Gasteiger charge is 2.15. The van der Waals surface area contributed by atoms with Gasteiger partial charge in [0.15, 0.2) is 5.96 Å². The maximum Gasteiger partial charge on any atom is 0.191 e. The molecule has 172 valence electrons. The van der Waals surface area contributed by atoms with Gasteiger partial charge in [-0.15, -0.1) is 24.0 Å². The molecule has 0 heterocycles. The highest BCUT2D eigenvalue weighted by molar-refractivity contribution is 14.0. The van der Waals surface area contributed by atoms with Crippen molar-refractivity contribution in [2.24, 2.45) is 4.99 Å². The van der Waals surface area contributed by atoms with Gasteiger partial charge in [0.1, 0.15) is 23.0 Å². The first-order chi connectivity index (χ1) is 14.5. The Kier molecular flexibility index (Phi) is 11.3. The van der Waals surface area contributed by atoms with Crippen molar-refractivity contribution < 1.29 is 18.9 Å². The number of rotatable bonds is 9. The molecule has 0 aromatic heterocycles. The molecular weight excluding hydrogens is 509 g/mol. The van der Waals surface area contributed by atoms with Crippen LogP contribution < -0.4 is 29.6 Å². The number of hydrogen-bond donors (Lipinski definition) is 2. The molecule has 0 radical (unpaired) electrons. The SMILES string of the molecule is CN=C(NCCc1c(OC)cc(OC)cc1OC)NC(C)c1cc(C)ccc1OC.I. The number of benzene rings is 2. The average Bonchev–Trinajstić information content (AvgIpc) is 2.77. The minimum Gasteiger partial charge on any atom is -0.496 e. The van der Waals surface area contributed by atoms with E-state index in [4.69, 9.17) is 18.9 Å². The minimum absolute atomic E-state index is 0. The number of nitrogens with one attached hydrogen (secondary N) is 2. The summed E-state index contributed by atoms with van der Waals surface area (Å²) in [5, 5.41) is 6.78. The molecule has 0 spiro atoms. The third kappa shape index (κ3) is 7.09. The van der Waals surface area contributed by atoms with E-state index in [2.05, 4.69) is 35.5 Å². The van der Waals surface area contributed by atoms with E-state index in [0.717, 1.165) is 28.4 Å². The molecule has 0 aliphatic rings. The standard InChI is InChI=1S/C23H33N3O4.HI/c1-15-8-9-20(28-5)19(12-15)16(2)26-23(24-3)25-11-10-18-21(29-6)13-17(27-4)14-22(18)30-7;/h8-9,12-14,16H,10-11H2,1-7H3,(H2,24,25,26);1H. The number of aliphatic imine (C=N–C) groups is 1. The molecule has 2 rings (SSSR count). The van der Waals surface area contributed by atoms with Crippen molar-refractivity contribution in [1.29, 1.82) is 0 Å². The van der Waals surface area contributed by atoms with E-state index in [9.17, 15) is 0 Å². The van der Waals surface area contributed by atoms with Gasteiger partial charge in [0, 0.05) is 36.9 Å². The summed E-state index contributed by atoms with van der Waals surface area (Å²) in [6.07, 6.45) is 0.694. The van der Waals surface area contributed by atoms with Gasteiger partial charge in [-0.3, -0.25) is 4.99 Å². The largest absolute Gasteiger partial charge is 0.496 e. The van der Waals surface area contributed by atoms with Crippen molar-refractivity contribution in [2.45, 2.75) is 26.3 Å². The molecule has 0 saturated heterocycles. The van der Waals surface area contributed by atoms with E-state index in [0.29, 0.717) is 24.7 Å². The fraction of sp³-hybridized carbons (Fsp3) is 0.435. The van der Waals surface area contributed by atoms with Crippen molar-refractivity contribution >= 4 is 29.9 Å². The lowest BCUT2D eigenvalue weighted by atomic mass is 10.0. The zero-order chi connectivity index (χ0) is 22.1. The number of halogens is 1. The van der Waals surface area contributed by atoms with Crippen LogP contribution in [0.15, 0.2) is 35.3 Å². The van der Waals surface area contributed by atoms with Crippen LogP contribution in [0.1, 0.15) is 29.7 Å². The van der Waals surface area contributed by atoms with E-state index in [-0.39, 0.29) is 30.0 Å². The van der Waals surface area contributed by atoms with Gasteiger partial charge >= 0.3 is 0 Å². The fourth-order valence-electron chi connectivity index (χ4n) is 3.30. The number of methoxy groups -OCH3 is 4. The van der Waals surface area contributed by atoms with E-state index in [1.165, 1.54) is 5.56 Å². The highest BCUT2D eigenvalue weighted by Crippen LogP contribution is 2.34. The lowest BCUT2D eigenvalue weighted by Crippen LogP contribution is -2.39. The van der Waals surface area contributed by atoms with Crippen molar-refractivity contribution in [2.75, 3.05) is 42.0 Å². The van der Waals surface area contributed by atoms with Crippen LogP contribution in [-0.2, 0) is 6.42 Å². The predicted octanol–water partition coefficient (Wildman–Crippen LogP) is 4.12. The molecule has 8 heteroatoms. The van der Waals surface area contributed by atoms with E-state index < -0.39 is 0 Å². The van der Waals surface area contributed by atoms with Gasteiger partial charge in [-0.05, 0) is 26.3 Å². The molecule has 0 aliphatic carbocycles. The Morgan fingerprint density at radius 3 is 2.06 bits per heavy atom. The number of hydrogen-bond acceptors (Lipinski definition) is 5. The minimum atomic E-state index is 0. The van der Waals surface area contributed by atoms with Crippen LogP contribution >= 0.6 is 24.0 Å². The van der Waals surface area contributed by atoms with Crippen LogP contribution in [-0.4, -0.2) is 48.0 Å².